The molecule has 0 aliphatic carbocycles. The highest BCUT2D eigenvalue weighted by Crippen LogP contribution is 2.23. The van der Waals surface area contributed by atoms with Crippen LogP contribution in [0.3, 0.4) is 0 Å². The summed E-state index contributed by atoms with van der Waals surface area (Å²) >= 11 is 0. The maximum atomic E-state index is 8.35. The van der Waals surface area contributed by atoms with Gasteiger partial charge in [0.05, 0.1) is 6.07 Å². The van der Waals surface area contributed by atoms with Gasteiger partial charge < -0.3 is 0 Å². The molecule has 0 aliphatic rings. The van der Waals surface area contributed by atoms with Gasteiger partial charge in [-0.05, 0) is 25.7 Å². The zero-order chi connectivity index (χ0) is 9.61. The van der Waals surface area contributed by atoms with Crippen LogP contribution in [0.25, 0.3) is 0 Å². The normalized spacial score (nSPS) is 11.2. The van der Waals surface area contributed by atoms with Crippen molar-refractivity contribution < 1.29 is 0 Å². The van der Waals surface area contributed by atoms with E-state index in [-0.39, 0.29) is 5.41 Å². The Morgan fingerprint density at radius 2 is 2.00 bits per heavy atom. The van der Waals surface area contributed by atoms with Crippen LogP contribution in [-0.4, -0.2) is 0 Å². The van der Waals surface area contributed by atoms with Gasteiger partial charge in [-0.1, -0.05) is 31.6 Å². The van der Waals surface area contributed by atoms with Crippen LogP contribution < -0.4 is 0 Å². The Hall–Kier alpha value is -1.03. The Bertz CT molecular complexity index is 222. The Balaban J connectivity index is 4.15. The summed E-state index contributed by atoms with van der Waals surface area (Å²) in [6.45, 7) is 8.43. The molecule has 0 heterocycles. The van der Waals surface area contributed by atoms with Crippen LogP contribution in [0.2, 0.25) is 0 Å². The number of hydrogen-bond donors (Lipinski definition) is 0. The molecule has 0 rings (SSSR count). The molecule has 66 valence electrons. The topological polar surface area (TPSA) is 23.8 Å². The van der Waals surface area contributed by atoms with E-state index in [1.165, 1.54) is 5.57 Å². The molecular weight excluding hydrogens is 146 g/mol. The van der Waals surface area contributed by atoms with Crippen LogP contribution in [-0.2, 0) is 0 Å². The van der Waals surface area contributed by atoms with Gasteiger partial charge in [0.15, 0.2) is 0 Å². The van der Waals surface area contributed by atoms with Gasteiger partial charge in [0.25, 0.3) is 0 Å². The van der Waals surface area contributed by atoms with Gasteiger partial charge in [-0.15, -0.1) is 0 Å². The Kier molecular flexibility index (Phi) is 4.36. The standard InChI is InChI=1S/C11H17N/c1-10(2)6-8-11(3,4)7-5-9-12/h5-7H,8H2,1-4H3/b7-5+. The third kappa shape index (κ3) is 5.73. The monoisotopic (exact) mass is 163 g/mol. The molecule has 0 radical (unpaired) electrons. The average Bonchev–Trinajstić information content (AvgIpc) is 1.98. The van der Waals surface area contributed by atoms with E-state index in [1.807, 2.05) is 12.1 Å². The SMILES string of the molecule is CC(C)=CCC(C)(C)/C=C/C#N. The fraction of sp³-hybridized carbons (Fsp3) is 0.545. The molecule has 0 N–H and O–H groups in total. The van der Waals surface area contributed by atoms with E-state index in [4.69, 9.17) is 5.26 Å². The third-order valence-electron chi connectivity index (χ3n) is 1.65. The van der Waals surface area contributed by atoms with Gasteiger partial charge in [-0.3, -0.25) is 0 Å². The summed E-state index contributed by atoms with van der Waals surface area (Å²) in [6, 6.07) is 2.01. The molecule has 0 fully saturated rings. The summed E-state index contributed by atoms with van der Waals surface area (Å²) in [4.78, 5) is 0. The van der Waals surface area contributed by atoms with Crippen molar-refractivity contribution in [3.8, 4) is 6.07 Å². The fourth-order valence-electron chi connectivity index (χ4n) is 0.798. The van der Waals surface area contributed by atoms with Gasteiger partial charge >= 0.3 is 0 Å². The van der Waals surface area contributed by atoms with E-state index in [2.05, 4.69) is 33.8 Å². The number of nitrogens with zero attached hydrogens (tertiary/aromatic N) is 1. The molecule has 0 saturated carbocycles. The summed E-state index contributed by atoms with van der Waals surface area (Å²) in [5, 5.41) is 8.35. The molecule has 0 aromatic rings. The molecule has 0 bridgehead atoms. The lowest BCUT2D eigenvalue weighted by Gasteiger charge is -2.17. The molecule has 0 saturated heterocycles. The van der Waals surface area contributed by atoms with Crippen molar-refractivity contribution >= 4 is 0 Å². The van der Waals surface area contributed by atoms with E-state index >= 15 is 0 Å². The zero-order valence-corrected chi connectivity index (χ0v) is 8.39. The summed E-state index contributed by atoms with van der Waals surface area (Å²) in [7, 11) is 0. The fourth-order valence-corrected chi connectivity index (χ4v) is 0.798. The van der Waals surface area contributed by atoms with Crippen LogP contribution in [0.4, 0.5) is 0 Å². The highest BCUT2D eigenvalue weighted by molar-refractivity contribution is 5.09. The van der Waals surface area contributed by atoms with Crippen LogP contribution >= 0.6 is 0 Å². The Morgan fingerprint density at radius 1 is 1.42 bits per heavy atom. The Labute approximate surface area is 75.4 Å². The molecule has 1 heteroatoms. The third-order valence-corrected chi connectivity index (χ3v) is 1.65. The van der Waals surface area contributed by atoms with E-state index in [9.17, 15) is 0 Å². The summed E-state index contributed by atoms with van der Waals surface area (Å²) in [6.07, 6.45) is 6.69. The van der Waals surface area contributed by atoms with Gasteiger partial charge in [-0.25, -0.2) is 0 Å². The van der Waals surface area contributed by atoms with Crippen LogP contribution in [0.1, 0.15) is 34.1 Å². The van der Waals surface area contributed by atoms with Crippen LogP contribution in [0.15, 0.2) is 23.8 Å². The van der Waals surface area contributed by atoms with Gasteiger partial charge in [0.1, 0.15) is 0 Å². The predicted octanol–water partition coefficient (Wildman–Crippen LogP) is 3.45. The van der Waals surface area contributed by atoms with E-state index in [1.54, 1.807) is 6.08 Å². The number of hydrogen-bond acceptors (Lipinski definition) is 1. The minimum atomic E-state index is 0.104. The lowest BCUT2D eigenvalue weighted by Crippen LogP contribution is -2.05. The first kappa shape index (κ1) is 11.0. The van der Waals surface area contributed by atoms with E-state index in [0.29, 0.717) is 0 Å². The zero-order valence-electron chi connectivity index (χ0n) is 8.39. The summed E-state index contributed by atoms with van der Waals surface area (Å²) in [5.74, 6) is 0. The number of rotatable bonds is 3. The average molecular weight is 163 g/mol. The first-order chi connectivity index (χ1) is 5.48. The van der Waals surface area contributed by atoms with Crippen molar-refractivity contribution in [1.82, 2.24) is 0 Å². The van der Waals surface area contributed by atoms with Crippen LogP contribution in [0, 0.1) is 16.7 Å². The lowest BCUT2D eigenvalue weighted by atomic mass is 9.88. The first-order valence-corrected chi connectivity index (χ1v) is 4.18. The van der Waals surface area contributed by atoms with Gasteiger partial charge in [0, 0.05) is 6.08 Å². The second-order valence-electron chi connectivity index (χ2n) is 3.94. The summed E-state index contributed by atoms with van der Waals surface area (Å²) in [5.41, 5.74) is 1.43. The van der Waals surface area contributed by atoms with Gasteiger partial charge in [-0.2, -0.15) is 5.26 Å². The predicted molar refractivity (Wildman–Crippen MR) is 52.6 cm³/mol. The van der Waals surface area contributed by atoms with Crippen molar-refractivity contribution in [2.24, 2.45) is 5.41 Å². The minimum absolute atomic E-state index is 0.104. The molecule has 0 atom stereocenters. The minimum Gasteiger partial charge on any atom is -0.193 e. The first-order valence-electron chi connectivity index (χ1n) is 4.18. The second kappa shape index (κ2) is 4.77. The second-order valence-corrected chi connectivity index (χ2v) is 3.94. The van der Waals surface area contributed by atoms with Crippen molar-refractivity contribution in [3.05, 3.63) is 23.8 Å². The summed E-state index contributed by atoms with van der Waals surface area (Å²) < 4.78 is 0. The molecule has 1 nitrogen and oxygen atoms in total. The lowest BCUT2D eigenvalue weighted by molar-refractivity contribution is 0.487. The van der Waals surface area contributed by atoms with E-state index in [0.717, 1.165) is 6.42 Å². The van der Waals surface area contributed by atoms with Gasteiger partial charge in [0.2, 0.25) is 0 Å². The maximum absolute atomic E-state index is 8.35. The van der Waals surface area contributed by atoms with Crippen molar-refractivity contribution in [2.45, 2.75) is 34.1 Å². The smallest absolute Gasteiger partial charge is 0.0908 e. The molecular formula is C11H17N. The molecule has 0 unspecified atom stereocenters. The number of allylic oxidation sites excluding steroid dienone is 4. The van der Waals surface area contributed by atoms with E-state index < -0.39 is 0 Å². The van der Waals surface area contributed by atoms with Crippen LogP contribution in [0.5, 0.6) is 0 Å². The highest BCUT2D eigenvalue weighted by Gasteiger charge is 2.10. The van der Waals surface area contributed by atoms with Crippen molar-refractivity contribution in [3.63, 3.8) is 0 Å². The highest BCUT2D eigenvalue weighted by atomic mass is 14.2. The molecule has 12 heavy (non-hydrogen) atoms. The quantitative estimate of drug-likeness (QED) is 0.462. The van der Waals surface area contributed by atoms with Crippen molar-refractivity contribution in [2.75, 3.05) is 0 Å². The largest absolute Gasteiger partial charge is 0.193 e. The molecule has 0 spiro atoms. The Morgan fingerprint density at radius 3 is 2.42 bits per heavy atom. The molecule has 0 amide bonds. The van der Waals surface area contributed by atoms with Crippen molar-refractivity contribution in [1.29, 1.82) is 5.26 Å². The number of nitriles is 1. The molecule has 0 aromatic carbocycles. The maximum Gasteiger partial charge on any atom is 0.0908 e. The molecule has 0 aromatic heterocycles. The molecule has 0 aliphatic heterocycles.